The molecule has 0 aliphatic carbocycles. The molecule has 0 spiro atoms. The van der Waals surface area contributed by atoms with E-state index in [1.807, 2.05) is 0 Å². The number of aliphatic hydroxyl groups excluding tert-OH is 1. The first kappa shape index (κ1) is 76.1. The molecule has 0 aromatic carbocycles. The van der Waals surface area contributed by atoms with Crippen LogP contribution in [0.4, 0.5) is 0 Å². The Bertz CT molecular complexity index is 1530. The van der Waals surface area contributed by atoms with E-state index in [9.17, 15) is 43.2 Å². The van der Waals surface area contributed by atoms with Gasteiger partial charge in [-0.2, -0.15) is 0 Å². The van der Waals surface area contributed by atoms with Crippen LogP contribution in [-0.2, 0) is 65.4 Å². The zero-order valence-electron chi connectivity index (χ0n) is 49.8. The molecule has 0 amide bonds. The number of phosphoric acid groups is 2. The van der Waals surface area contributed by atoms with Crippen molar-refractivity contribution in [3.63, 3.8) is 0 Å². The van der Waals surface area contributed by atoms with Crippen LogP contribution in [0.3, 0.4) is 0 Å². The van der Waals surface area contributed by atoms with Crippen molar-refractivity contribution in [1.82, 2.24) is 0 Å². The first-order valence-electron chi connectivity index (χ1n) is 31.1. The van der Waals surface area contributed by atoms with Crippen LogP contribution >= 0.6 is 15.6 Å². The van der Waals surface area contributed by atoms with E-state index in [4.69, 9.17) is 37.0 Å². The molecule has 0 bridgehead atoms. The van der Waals surface area contributed by atoms with E-state index in [2.05, 4.69) is 34.6 Å². The van der Waals surface area contributed by atoms with Gasteiger partial charge in [0.25, 0.3) is 0 Å². The highest BCUT2D eigenvalue weighted by atomic mass is 31.2. The van der Waals surface area contributed by atoms with Crippen LogP contribution in [0.1, 0.15) is 291 Å². The number of rotatable bonds is 59. The fourth-order valence-corrected chi connectivity index (χ4v) is 10.3. The molecule has 2 unspecified atom stereocenters. The van der Waals surface area contributed by atoms with Gasteiger partial charge in [-0.3, -0.25) is 37.3 Å². The van der Waals surface area contributed by atoms with Gasteiger partial charge in [0.2, 0.25) is 0 Å². The van der Waals surface area contributed by atoms with Crippen LogP contribution in [0.5, 0.6) is 0 Å². The lowest BCUT2D eigenvalue weighted by atomic mass is 10.0. The van der Waals surface area contributed by atoms with E-state index in [0.29, 0.717) is 31.6 Å². The van der Waals surface area contributed by atoms with Crippen LogP contribution in [0.2, 0.25) is 0 Å². The number of aliphatic hydroxyl groups is 1. The zero-order chi connectivity index (χ0) is 57.8. The normalized spacial score (nSPS) is 14.4. The second-order valence-corrected chi connectivity index (χ2v) is 24.8. The van der Waals surface area contributed by atoms with Crippen LogP contribution in [-0.4, -0.2) is 96.7 Å². The molecule has 0 aliphatic rings. The van der Waals surface area contributed by atoms with Gasteiger partial charge in [-0.05, 0) is 31.6 Å². The minimum Gasteiger partial charge on any atom is -0.462 e. The van der Waals surface area contributed by atoms with Gasteiger partial charge in [0.15, 0.2) is 12.2 Å². The maximum Gasteiger partial charge on any atom is 0.472 e. The van der Waals surface area contributed by atoms with Crippen molar-refractivity contribution in [2.24, 2.45) is 5.92 Å². The number of ether oxygens (including phenoxy) is 4. The summed E-state index contributed by atoms with van der Waals surface area (Å²) in [6.07, 6.45) is 35.1. The minimum absolute atomic E-state index is 0.104. The third-order valence-corrected chi connectivity index (χ3v) is 15.4. The molecule has 0 radical (unpaired) electrons. The molecule has 5 atom stereocenters. The van der Waals surface area contributed by atoms with Crippen molar-refractivity contribution in [3.8, 4) is 0 Å². The molecular formula is C59H114O17P2. The standard InChI is InChI=1S/C59H114O17P2/c1-6-9-12-15-18-20-21-22-23-24-25-28-35-40-45-59(64)76-55(49-70-57(62)43-38-33-30-29-31-36-41-52(4)5)51-74-78(67,68)72-47-53(60)46-71-77(65,66)73-50-54(48-69-56(61)42-37-32-26-17-14-11-8-3)75-58(63)44-39-34-27-19-16-13-10-7-2/h52-55,60H,6-51H2,1-5H3,(H,65,66)(H,67,68)/t53-,54+,55+/m0/s1. The smallest absolute Gasteiger partial charge is 0.462 e. The van der Waals surface area contributed by atoms with E-state index < -0.39 is 97.5 Å². The second kappa shape index (κ2) is 53.1. The van der Waals surface area contributed by atoms with E-state index in [1.165, 1.54) is 89.9 Å². The molecular weight excluding hydrogens is 1040 g/mol. The van der Waals surface area contributed by atoms with Gasteiger partial charge in [0.1, 0.15) is 19.3 Å². The maximum atomic E-state index is 12.9. The van der Waals surface area contributed by atoms with E-state index >= 15 is 0 Å². The Kier molecular flexibility index (Phi) is 51.8. The largest absolute Gasteiger partial charge is 0.472 e. The summed E-state index contributed by atoms with van der Waals surface area (Å²) >= 11 is 0. The Morgan fingerprint density at radius 2 is 0.590 bits per heavy atom. The predicted octanol–water partition coefficient (Wildman–Crippen LogP) is 15.8. The summed E-state index contributed by atoms with van der Waals surface area (Å²) in [5, 5.41) is 10.5. The SMILES string of the molecule is CCCCCCCCCCCCCCCCC(=O)O[C@H](COC(=O)CCCCCCCCC(C)C)COP(=O)(O)OC[C@@H](O)COP(=O)(O)OC[C@@H](COC(=O)CCCCCCCCC)OC(=O)CCCCCCCCCC. The van der Waals surface area contributed by atoms with Gasteiger partial charge in [-0.15, -0.1) is 0 Å². The van der Waals surface area contributed by atoms with Crippen molar-refractivity contribution in [2.45, 2.75) is 310 Å². The molecule has 462 valence electrons. The van der Waals surface area contributed by atoms with Gasteiger partial charge < -0.3 is 33.8 Å². The molecule has 0 aromatic rings. The summed E-state index contributed by atoms with van der Waals surface area (Å²) < 4.78 is 67.6. The quantitative estimate of drug-likeness (QED) is 0.0222. The summed E-state index contributed by atoms with van der Waals surface area (Å²) in [6.45, 7) is 7.01. The molecule has 0 aromatic heterocycles. The lowest BCUT2D eigenvalue weighted by Gasteiger charge is -2.21. The first-order valence-corrected chi connectivity index (χ1v) is 34.1. The lowest BCUT2D eigenvalue weighted by molar-refractivity contribution is -0.161. The van der Waals surface area contributed by atoms with Crippen LogP contribution in [0.25, 0.3) is 0 Å². The third-order valence-electron chi connectivity index (χ3n) is 13.5. The fourth-order valence-electron chi connectivity index (χ4n) is 8.70. The molecule has 0 fully saturated rings. The zero-order valence-corrected chi connectivity index (χ0v) is 51.6. The number of carbonyl (C=O) groups is 4. The van der Waals surface area contributed by atoms with Crippen LogP contribution in [0.15, 0.2) is 0 Å². The fraction of sp³-hybridized carbons (Fsp3) is 0.932. The van der Waals surface area contributed by atoms with E-state index in [0.717, 1.165) is 116 Å². The Balaban J connectivity index is 5.19. The maximum absolute atomic E-state index is 12.9. The lowest BCUT2D eigenvalue weighted by Crippen LogP contribution is -2.30. The molecule has 0 aliphatic heterocycles. The highest BCUT2D eigenvalue weighted by Crippen LogP contribution is 2.45. The number of phosphoric ester groups is 2. The molecule has 78 heavy (non-hydrogen) atoms. The molecule has 0 rings (SSSR count). The molecule has 19 heteroatoms. The summed E-state index contributed by atoms with van der Waals surface area (Å²) in [5.41, 5.74) is 0. The molecule has 3 N–H and O–H groups in total. The van der Waals surface area contributed by atoms with Crippen molar-refractivity contribution in [2.75, 3.05) is 39.6 Å². The number of esters is 4. The van der Waals surface area contributed by atoms with Gasteiger partial charge in [0, 0.05) is 25.7 Å². The van der Waals surface area contributed by atoms with Crippen molar-refractivity contribution >= 4 is 39.5 Å². The molecule has 0 saturated carbocycles. The van der Waals surface area contributed by atoms with Crippen molar-refractivity contribution in [1.29, 1.82) is 0 Å². The summed E-state index contributed by atoms with van der Waals surface area (Å²) in [6, 6.07) is 0. The van der Waals surface area contributed by atoms with Gasteiger partial charge in [-0.1, -0.05) is 240 Å². The Hall–Kier alpha value is -1.94. The Morgan fingerprint density at radius 3 is 0.872 bits per heavy atom. The Morgan fingerprint density at radius 1 is 0.346 bits per heavy atom. The summed E-state index contributed by atoms with van der Waals surface area (Å²) in [5.74, 6) is -1.47. The monoisotopic (exact) mass is 1160 g/mol. The topological polar surface area (TPSA) is 237 Å². The summed E-state index contributed by atoms with van der Waals surface area (Å²) in [4.78, 5) is 71.7. The number of unbranched alkanes of at least 4 members (excludes halogenated alkanes) is 31. The van der Waals surface area contributed by atoms with Gasteiger partial charge >= 0.3 is 39.5 Å². The number of hydrogen-bond donors (Lipinski definition) is 3. The average Bonchev–Trinajstić information content (AvgIpc) is 3.40. The van der Waals surface area contributed by atoms with Crippen molar-refractivity contribution < 1.29 is 80.2 Å². The first-order chi connectivity index (χ1) is 37.5. The van der Waals surface area contributed by atoms with E-state index in [-0.39, 0.29) is 25.7 Å². The van der Waals surface area contributed by atoms with Gasteiger partial charge in [0.05, 0.1) is 26.4 Å². The van der Waals surface area contributed by atoms with E-state index in [1.54, 1.807) is 0 Å². The average molecular weight is 1160 g/mol. The predicted molar refractivity (Wildman–Crippen MR) is 308 cm³/mol. The van der Waals surface area contributed by atoms with Crippen molar-refractivity contribution in [3.05, 3.63) is 0 Å². The van der Waals surface area contributed by atoms with Crippen LogP contribution < -0.4 is 0 Å². The molecule has 0 heterocycles. The third kappa shape index (κ3) is 53.4. The molecule has 0 saturated heterocycles. The minimum atomic E-state index is -4.94. The van der Waals surface area contributed by atoms with Crippen LogP contribution in [0, 0.1) is 5.92 Å². The second-order valence-electron chi connectivity index (χ2n) is 21.9. The highest BCUT2D eigenvalue weighted by Gasteiger charge is 2.30. The van der Waals surface area contributed by atoms with Gasteiger partial charge in [-0.25, -0.2) is 9.13 Å². The number of carbonyl (C=O) groups excluding carboxylic acids is 4. The molecule has 17 nitrogen and oxygen atoms in total. The Labute approximate surface area is 473 Å². The highest BCUT2D eigenvalue weighted by molar-refractivity contribution is 7.47. The summed E-state index contributed by atoms with van der Waals surface area (Å²) in [7, 11) is -9.87. The number of hydrogen-bond acceptors (Lipinski definition) is 15.